The highest BCUT2D eigenvalue weighted by Crippen LogP contribution is 2.35. The number of hydrogen-bond donors (Lipinski definition) is 1. The molecule has 25 heavy (non-hydrogen) atoms. The molecular formula is C19H18FNO4. The van der Waals surface area contributed by atoms with Gasteiger partial charge in [-0.05, 0) is 48.7 Å². The summed E-state index contributed by atoms with van der Waals surface area (Å²) in [6.07, 6.45) is 0.823. The summed E-state index contributed by atoms with van der Waals surface area (Å²) < 4.78 is 23.6. The summed E-state index contributed by atoms with van der Waals surface area (Å²) in [6.45, 7) is 1.03. The van der Waals surface area contributed by atoms with E-state index in [1.807, 2.05) is 0 Å². The molecule has 1 amide bonds. The van der Waals surface area contributed by atoms with E-state index in [4.69, 9.17) is 9.47 Å². The average Bonchev–Trinajstić information content (AvgIpc) is 3.10. The molecule has 0 aromatic heterocycles. The molecule has 2 aromatic rings. The van der Waals surface area contributed by atoms with Crippen LogP contribution in [0, 0.1) is 5.82 Å². The Balaban J connectivity index is 1.46. The van der Waals surface area contributed by atoms with Crippen molar-refractivity contribution in [3.8, 4) is 11.5 Å². The number of piperidine rings is 1. The van der Waals surface area contributed by atoms with E-state index in [1.165, 1.54) is 12.1 Å². The lowest BCUT2D eigenvalue weighted by Crippen LogP contribution is -2.45. The molecule has 0 saturated carbocycles. The molecule has 0 bridgehead atoms. The number of aliphatic hydroxyl groups is 1. The highest BCUT2D eigenvalue weighted by Gasteiger charge is 2.35. The first kappa shape index (κ1) is 15.9. The zero-order valence-electron chi connectivity index (χ0n) is 13.6. The summed E-state index contributed by atoms with van der Waals surface area (Å²) in [5.41, 5.74) is 0.194. The van der Waals surface area contributed by atoms with Gasteiger partial charge in [-0.2, -0.15) is 0 Å². The van der Waals surface area contributed by atoms with Crippen molar-refractivity contribution in [3.05, 3.63) is 59.4 Å². The van der Waals surface area contributed by atoms with Crippen LogP contribution in [0.1, 0.15) is 28.8 Å². The zero-order valence-corrected chi connectivity index (χ0v) is 13.6. The number of ether oxygens (including phenoxy) is 2. The van der Waals surface area contributed by atoms with Crippen molar-refractivity contribution in [2.75, 3.05) is 19.9 Å². The van der Waals surface area contributed by atoms with Gasteiger partial charge in [0.2, 0.25) is 6.79 Å². The number of hydrogen-bond acceptors (Lipinski definition) is 4. The second-order valence-electron chi connectivity index (χ2n) is 6.40. The van der Waals surface area contributed by atoms with Gasteiger partial charge in [0.25, 0.3) is 5.91 Å². The van der Waals surface area contributed by atoms with Gasteiger partial charge in [0.15, 0.2) is 11.5 Å². The van der Waals surface area contributed by atoms with Crippen molar-refractivity contribution in [1.82, 2.24) is 4.90 Å². The molecule has 0 atom stereocenters. The summed E-state index contributed by atoms with van der Waals surface area (Å²) in [5.74, 6) is 0.786. The maximum absolute atomic E-state index is 13.1. The molecule has 2 heterocycles. The molecule has 0 radical (unpaired) electrons. The van der Waals surface area contributed by atoms with E-state index in [9.17, 15) is 14.3 Å². The maximum atomic E-state index is 13.1. The van der Waals surface area contributed by atoms with Gasteiger partial charge in [-0.15, -0.1) is 0 Å². The smallest absolute Gasteiger partial charge is 0.253 e. The molecule has 0 spiro atoms. The molecule has 6 heteroatoms. The molecule has 2 aliphatic rings. The highest BCUT2D eigenvalue weighted by molar-refractivity contribution is 5.95. The average molecular weight is 343 g/mol. The van der Waals surface area contributed by atoms with Crippen LogP contribution < -0.4 is 9.47 Å². The lowest BCUT2D eigenvalue weighted by molar-refractivity contribution is -0.0211. The van der Waals surface area contributed by atoms with Crippen molar-refractivity contribution in [3.63, 3.8) is 0 Å². The van der Waals surface area contributed by atoms with Gasteiger partial charge in [0.1, 0.15) is 5.82 Å². The summed E-state index contributed by atoms with van der Waals surface area (Å²) in [6, 6.07) is 11.0. The van der Waals surface area contributed by atoms with Crippen LogP contribution in [0.25, 0.3) is 0 Å². The Morgan fingerprint density at radius 3 is 2.44 bits per heavy atom. The van der Waals surface area contributed by atoms with Gasteiger partial charge < -0.3 is 19.5 Å². The summed E-state index contributed by atoms with van der Waals surface area (Å²) in [5, 5.41) is 10.8. The van der Waals surface area contributed by atoms with E-state index >= 15 is 0 Å². The van der Waals surface area contributed by atoms with E-state index in [-0.39, 0.29) is 18.5 Å². The van der Waals surface area contributed by atoms with Crippen molar-refractivity contribution in [2.45, 2.75) is 18.4 Å². The molecule has 1 N–H and O–H groups in total. The Bertz CT molecular complexity index is 798. The van der Waals surface area contributed by atoms with Gasteiger partial charge in [-0.1, -0.05) is 12.1 Å². The van der Waals surface area contributed by atoms with Crippen LogP contribution in [-0.4, -0.2) is 35.8 Å². The molecule has 2 aromatic carbocycles. The Hall–Kier alpha value is -2.60. The van der Waals surface area contributed by atoms with E-state index in [0.29, 0.717) is 48.6 Å². The number of benzene rings is 2. The largest absolute Gasteiger partial charge is 0.454 e. The van der Waals surface area contributed by atoms with Crippen molar-refractivity contribution in [2.24, 2.45) is 0 Å². The van der Waals surface area contributed by atoms with Gasteiger partial charge in [-0.3, -0.25) is 4.79 Å². The fourth-order valence-electron chi connectivity index (χ4n) is 3.34. The number of halogens is 1. The quantitative estimate of drug-likeness (QED) is 0.911. The number of rotatable bonds is 2. The summed E-state index contributed by atoms with van der Waals surface area (Å²) in [7, 11) is 0. The third-order valence-electron chi connectivity index (χ3n) is 4.88. The van der Waals surface area contributed by atoms with Gasteiger partial charge >= 0.3 is 0 Å². The number of likely N-dealkylation sites (tertiary alicyclic amines) is 1. The van der Waals surface area contributed by atoms with Gasteiger partial charge in [-0.25, -0.2) is 4.39 Å². The summed E-state index contributed by atoms with van der Waals surface area (Å²) >= 11 is 0. The fraction of sp³-hybridized carbons (Fsp3) is 0.316. The minimum absolute atomic E-state index is 0.0977. The predicted molar refractivity (Wildman–Crippen MR) is 88.0 cm³/mol. The fourth-order valence-corrected chi connectivity index (χ4v) is 3.34. The number of nitrogens with zero attached hydrogens (tertiary/aromatic N) is 1. The molecule has 0 unspecified atom stereocenters. The Kier molecular flexibility index (Phi) is 3.84. The predicted octanol–water partition coefficient (Wildman–Crippen LogP) is 2.68. The zero-order chi connectivity index (χ0) is 17.4. The highest BCUT2D eigenvalue weighted by atomic mass is 19.1. The maximum Gasteiger partial charge on any atom is 0.253 e. The Morgan fingerprint density at radius 2 is 1.72 bits per heavy atom. The first-order valence-electron chi connectivity index (χ1n) is 8.22. The lowest BCUT2D eigenvalue weighted by atomic mass is 9.84. The second kappa shape index (κ2) is 6.04. The monoisotopic (exact) mass is 343 g/mol. The van der Waals surface area contributed by atoms with Crippen molar-refractivity contribution in [1.29, 1.82) is 0 Å². The Labute approximate surface area is 144 Å². The van der Waals surface area contributed by atoms with Crippen molar-refractivity contribution < 1.29 is 23.8 Å². The van der Waals surface area contributed by atoms with Crippen LogP contribution in [0.5, 0.6) is 11.5 Å². The lowest BCUT2D eigenvalue weighted by Gasteiger charge is -2.38. The minimum Gasteiger partial charge on any atom is -0.454 e. The first-order chi connectivity index (χ1) is 12.0. The van der Waals surface area contributed by atoms with Gasteiger partial charge in [0.05, 0.1) is 5.60 Å². The number of fused-ring (bicyclic) bond motifs is 1. The van der Waals surface area contributed by atoms with Crippen molar-refractivity contribution >= 4 is 5.91 Å². The topological polar surface area (TPSA) is 59.0 Å². The van der Waals surface area contributed by atoms with Crippen LogP contribution in [0.3, 0.4) is 0 Å². The van der Waals surface area contributed by atoms with Crippen LogP contribution in [0.4, 0.5) is 4.39 Å². The molecule has 1 fully saturated rings. The van der Waals surface area contributed by atoms with E-state index in [0.717, 1.165) is 0 Å². The first-order valence-corrected chi connectivity index (χ1v) is 8.22. The van der Waals surface area contributed by atoms with Crippen LogP contribution in [0.15, 0.2) is 42.5 Å². The standard InChI is InChI=1S/C19H18FNO4/c20-15-4-2-14(3-5-15)19(23)7-9-21(10-8-19)18(22)13-1-6-16-17(11-13)25-12-24-16/h1-6,11,23H,7-10,12H2. The molecule has 2 aliphatic heterocycles. The second-order valence-corrected chi connectivity index (χ2v) is 6.40. The van der Waals surface area contributed by atoms with Crippen LogP contribution in [-0.2, 0) is 5.60 Å². The molecule has 0 aliphatic carbocycles. The minimum atomic E-state index is -1.03. The number of carbonyl (C=O) groups excluding carboxylic acids is 1. The molecule has 4 rings (SSSR count). The molecule has 5 nitrogen and oxygen atoms in total. The number of carbonyl (C=O) groups is 1. The normalized spacial score (nSPS) is 18.2. The summed E-state index contributed by atoms with van der Waals surface area (Å²) in [4.78, 5) is 14.4. The third-order valence-corrected chi connectivity index (χ3v) is 4.88. The van der Waals surface area contributed by atoms with E-state index in [2.05, 4.69) is 0 Å². The number of amides is 1. The Morgan fingerprint density at radius 1 is 1.04 bits per heavy atom. The van der Waals surface area contributed by atoms with Crippen LogP contribution in [0.2, 0.25) is 0 Å². The SMILES string of the molecule is O=C(c1ccc2c(c1)OCO2)N1CCC(O)(c2ccc(F)cc2)CC1. The third kappa shape index (κ3) is 2.93. The van der Waals surface area contributed by atoms with Crippen LogP contribution >= 0.6 is 0 Å². The molecule has 130 valence electrons. The van der Waals surface area contributed by atoms with E-state index in [1.54, 1.807) is 35.2 Å². The molecular weight excluding hydrogens is 325 g/mol. The molecule has 1 saturated heterocycles. The van der Waals surface area contributed by atoms with E-state index < -0.39 is 5.60 Å². The van der Waals surface area contributed by atoms with Gasteiger partial charge in [0, 0.05) is 18.7 Å².